The van der Waals surface area contributed by atoms with E-state index in [1.165, 1.54) is 6.07 Å². The summed E-state index contributed by atoms with van der Waals surface area (Å²) in [6.45, 7) is 5.01. The van der Waals surface area contributed by atoms with Crippen molar-refractivity contribution >= 4 is 0 Å². The second-order valence-corrected chi connectivity index (χ2v) is 4.14. The number of halogens is 1. The van der Waals surface area contributed by atoms with Gasteiger partial charge in [-0.3, -0.25) is 0 Å². The van der Waals surface area contributed by atoms with Crippen molar-refractivity contribution in [1.29, 1.82) is 0 Å². The lowest BCUT2D eigenvalue weighted by molar-refractivity contribution is 0.0639. The molecule has 2 nitrogen and oxygen atoms in total. The highest BCUT2D eigenvalue weighted by Crippen LogP contribution is 2.23. The Hall–Kier alpha value is -0.930. The lowest BCUT2D eigenvalue weighted by atomic mass is 9.99. The molecule has 1 N–H and O–H groups in total. The predicted octanol–water partition coefficient (Wildman–Crippen LogP) is 3.29. The lowest BCUT2D eigenvalue weighted by Gasteiger charge is -2.27. The Kier molecular flexibility index (Phi) is 6.16. The third-order valence-corrected chi connectivity index (χ3v) is 2.93. The fourth-order valence-corrected chi connectivity index (χ4v) is 2.01. The number of nitrogens with one attached hydrogen (secondary N) is 1. The van der Waals surface area contributed by atoms with Gasteiger partial charge in [0.15, 0.2) is 0 Å². The second kappa shape index (κ2) is 7.41. The van der Waals surface area contributed by atoms with E-state index in [0.29, 0.717) is 5.56 Å². The van der Waals surface area contributed by atoms with Crippen molar-refractivity contribution in [3.05, 3.63) is 35.6 Å². The molecule has 0 aliphatic heterocycles. The molecule has 0 amide bonds. The van der Waals surface area contributed by atoms with Crippen molar-refractivity contribution in [1.82, 2.24) is 5.32 Å². The summed E-state index contributed by atoms with van der Waals surface area (Å²) in [5, 5.41) is 3.36. The van der Waals surface area contributed by atoms with E-state index in [1.807, 2.05) is 12.1 Å². The van der Waals surface area contributed by atoms with E-state index >= 15 is 0 Å². The van der Waals surface area contributed by atoms with E-state index in [0.717, 1.165) is 19.4 Å². The molecule has 0 fully saturated rings. The fourth-order valence-electron chi connectivity index (χ4n) is 2.01. The average Bonchev–Trinajstić information content (AvgIpc) is 2.36. The van der Waals surface area contributed by atoms with Crippen molar-refractivity contribution < 1.29 is 9.13 Å². The SMILES string of the molecule is CCCNC(c1ccccc1F)C(CC)OC. The molecule has 2 atom stereocenters. The molecule has 0 saturated heterocycles. The van der Waals surface area contributed by atoms with Crippen LogP contribution in [-0.2, 0) is 4.74 Å². The Morgan fingerprint density at radius 2 is 2.00 bits per heavy atom. The number of hydrogen-bond acceptors (Lipinski definition) is 2. The van der Waals surface area contributed by atoms with Crippen LogP contribution in [0.3, 0.4) is 0 Å². The number of methoxy groups -OCH3 is 1. The Morgan fingerprint density at radius 3 is 2.53 bits per heavy atom. The number of benzene rings is 1. The fraction of sp³-hybridized carbons (Fsp3) is 0.571. The maximum atomic E-state index is 13.8. The minimum Gasteiger partial charge on any atom is -0.379 e. The Morgan fingerprint density at radius 1 is 1.29 bits per heavy atom. The molecule has 0 aliphatic carbocycles. The first-order valence-corrected chi connectivity index (χ1v) is 6.25. The normalized spacial score (nSPS) is 14.6. The highest BCUT2D eigenvalue weighted by Gasteiger charge is 2.23. The summed E-state index contributed by atoms with van der Waals surface area (Å²) in [6, 6.07) is 6.82. The van der Waals surface area contributed by atoms with Crippen LogP contribution in [0.25, 0.3) is 0 Å². The van der Waals surface area contributed by atoms with Crippen LogP contribution in [0.15, 0.2) is 24.3 Å². The van der Waals surface area contributed by atoms with Crippen molar-refractivity contribution in [3.63, 3.8) is 0 Å². The Balaban J connectivity index is 2.92. The summed E-state index contributed by atoms with van der Waals surface area (Å²) in [4.78, 5) is 0. The van der Waals surface area contributed by atoms with Crippen molar-refractivity contribution in [3.8, 4) is 0 Å². The molecule has 2 unspecified atom stereocenters. The topological polar surface area (TPSA) is 21.3 Å². The van der Waals surface area contributed by atoms with Gasteiger partial charge in [-0.2, -0.15) is 0 Å². The zero-order valence-corrected chi connectivity index (χ0v) is 10.9. The molecule has 1 rings (SSSR count). The summed E-state index contributed by atoms with van der Waals surface area (Å²) in [5.41, 5.74) is 0.689. The lowest BCUT2D eigenvalue weighted by Crippen LogP contribution is -2.34. The van der Waals surface area contributed by atoms with E-state index in [1.54, 1.807) is 13.2 Å². The van der Waals surface area contributed by atoms with Gasteiger partial charge in [-0.05, 0) is 25.5 Å². The number of ether oxygens (including phenoxy) is 1. The van der Waals surface area contributed by atoms with Gasteiger partial charge in [-0.25, -0.2) is 4.39 Å². The molecule has 17 heavy (non-hydrogen) atoms. The van der Waals surface area contributed by atoms with Crippen molar-refractivity contribution in [2.45, 2.75) is 38.8 Å². The van der Waals surface area contributed by atoms with Gasteiger partial charge in [-0.15, -0.1) is 0 Å². The molecule has 0 bridgehead atoms. The van der Waals surface area contributed by atoms with E-state index in [9.17, 15) is 4.39 Å². The smallest absolute Gasteiger partial charge is 0.128 e. The molecule has 0 spiro atoms. The van der Waals surface area contributed by atoms with Gasteiger partial charge in [0.2, 0.25) is 0 Å². The van der Waals surface area contributed by atoms with Gasteiger partial charge in [0.05, 0.1) is 12.1 Å². The predicted molar refractivity (Wildman–Crippen MR) is 68.5 cm³/mol. The average molecular weight is 239 g/mol. The summed E-state index contributed by atoms with van der Waals surface area (Å²) < 4.78 is 19.2. The van der Waals surface area contributed by atoms with Crippen LogP contribution < -0.4 is 5.32 Å². The zero-order valence-electron chi connectivity index (χ0n) is 10.9. The largest absolute Gasteiger partial charge is 0.379 e. The molecule has 3 heteroatoms. The van der Waals surface area contributed by atoms with Gasteiger partial charge < -0.3 is 10.1 Å². The van der Waals surface area contributed by atoms with Gasteiger partial charge >= 0.3 is 0 Å². The van der Waals surface area contributed by atoms with E-state index in [-0.39, 0.29) is 18.0 Å². The monoisotopic (exact) mass is 239 g/mol. The standard InChI is InChI=1S/C14H22FNO/c1-4-10-16-14(13(5-2)17-3)11-8-6-7-9-12(11)15/h6-9,13-14,16H,4-5,10H2,1-3H3. The third kappa shape index (κ3) is 3.79. The maximum Gasteiger partial charge on any atom is 0.128 e. The Bertz CT molecular complexity index is 326. The Labute approximate surface area is 103 Å². The van der Waals surface area contributed by atoms with Crippen LogP contribution in [0, 0.1) is 5.82 Å². The molecule has 0 aliphatic rings. The molecule has 96 valence electrons. The molecule has 0 heterocycles. The van der Waals surface area contributed by atoms with Gasteiger partial charge in [-0.1, -0.05) is 32.0 Å². The van der Waals surface area contributed by atoms with E-state index < -0.39 is 0 Å². The van der Waals surface area contributed by atoms with Crippen molar-refractivity contribution in [2.75, 3.05) is 13.7 Å². The highest BCUT2D eigenvalue weighted by atomic mass is 19.1. The highest BCUT2D eigenvalue weighted by molar-refractivity contribution is 5.22. The summed E-state index contributed by atoms with van der Waals surface area (Å²) in [5.74, 6) is -0.170. The third-order valence-electron chi connectivity index (χ3n) is 2.93. The molecule has 0 saturated carbocycles. The molecule has 1 aromatic rings. The minimum atomic E-state index is -0.170. The summed E-state index contributed by atoms with van der Waals surface area (Å²) in [6.07, 6.45) is 1.87. The van der Waals surface area contributed by atoms with Gasteiger partial charge in [0.1, 0.15) is 5.82 Å². The molecular formula is C14H22FNO. The maximum absolute atomic E-state index is 13.8. The van der Waals surface area contributed by atoms with Crippen LogP contribution in [0.1, 0.15) is 38.3 Å². The molecule has 0 radical (unpaired) electrons. The van der Waals surface area contributed by atoms with Crippen LogP contribution in [0.2, 0.25) is 0 Å². The van der Waals surface area contributed by atoms with Gasteiger partial charge in [0.25, 0.3) is 0 Å². The number of hydrogen-bond donors (Lipinski definition) is 1. The second-order valence-electron chi connectivity index (χ2n) is 4.14. The molecule has 1 aromatic carbocycles. The minimum absolute atomic E-state index is 0.00144. The van der Waals surface area contributed by atoms with Crippen molar-refractivity contribution in [2.24, 2.45) is 0 Å². The summed E-state index contributed by atoms with van der Waals surface area (Å²) in [7, 11) is 1.68. The van der Waals surface area contributed by atoms with E-state index in [4.69, 9.17) is 4.74 Å². The first-order chi connectivity index (χ1) is 8.24. The first kappa shape index (κ1) is 14.1. The van der Waals surface area contributed by atoms with E-state index in [2.05, 4.69) is 19.2 Å². The van der Waals surface area contributed by atoms with Crippen LogP contribution in [-0.4, -0.2) is 19.8 Å². The van der Waals surface area contributed by atoms with Crippen LogP contribution in [0.4, 0.5) is 4.39 Å². The molecule has 0 aromatic heterocycles. The van der Waals surface area contributed by atoms with Crippen LogP contribution >= 0.6 is 0 Å². The van der Waals surface area contributed by atoms with Gasteiger partial charge in [0, 0.05) is 12.7 Å². The first-order valence-electron chi connectivity index (χ1n) is 6.25. The van der Waals surface area contributed by atoms with Crippen LogP contribution in [0.5, 0.6) is 0 Å². The quantitative estimate of drug-likeness (QED) is 0.788. The molecular weight excluding hydrogens is 217 g/mol. The summed E-state index contributed by atoms with van der Waals surface area (Å²) >= 11 is 0. The number of rotatable bonds is 7. The zero-order chi connectivity index (χ0) is 12.7.